The number of rotatable bonds is 2. The molecule has 2 saturated carbocycles. The molecule has 3 heteroatoms. The first-order valence-corrected chi connectivity index (χ1v) is 6.28. The van der Waals surface area contributed by atoms with E-state index in [-0.39, 0.29) is 18.1 Å². The van der Waals surface area contributed by atoms with Crippen LogP contribution in [-0.2, 0) is 0 Å². The van der Waals surface area contributed by atoms with E-state index in [0.29, 0.717) is 11.8 Å². The molecule has 17 heavy (non-hydrogen) atoms. The molecule has 2 fully saturated rings. The normalized spacial score (nSPS) is 34.9. The Morgan fingerprint density at radius 2 is 1.88 bits per heavy atom. The minimum Gasteiger partial charge on any atom is -0.393 e. The second-order valence-corrected chi connectivity index (χ2v) is 5.24. The van der Waals surface area contributed by atoms with Gasteiger partial charge >= 0.3 is 0 Å². The Morgan fingerprint density at radius 1 is 1.12 bits per heavy atom. The van der Waals surface area contributed by atoms with Crippen LogP contribution in [0.25, 0.3) is 0 Å². The van der Waals surface area contributed by atoms with E-state index in [1.54, 1.807) is 0 Å². The van der Waals surface area contributed by atoms with Crippen LogP contribution in [0.3, 0.4) is 0 Å². The van der Waals surface area contributed by atoms with Gasteiger partial charge in [-0.3, -0.25) is 4.79 Å². The third-order valence-corrected chi connectivity index (χ3v) is 4.17. The highest BCUT2D eigenvalue weighted by Gasteiger charge is 2.45. The number of benzene rings is 1. The van der Waals surface area contributed by atoms with Gasteiger partial charge in [0.25, 0.3) is 5.91 Å². The Morgan fingerprint density at radius 3 is 2.47 bits per heavy atom. The largest absolute Gasteiger partial charge is 0.393 e. The van der Waals surface area contributed by atoms with E-state index in [0.717, 1.165) is 24.8 Å². The number of amides is 1. The molecule has 0 spiro atoms. The number of aliphatic hydroxyl groups excluding tert-OH is 1. The average molecular weight is 231 g/mol. The van der Waals surface area contributed by atoms with Crippen molar-refractivity contribution in [2.45, 2.75) is 31.4 Å². The van der Waals surface area contributed by atoms with Crippen molar-refractivity contribution in [2.24, 2.45) is 11.8 Å². The minimum atomic E-state index is -0.134. The topological polar surface area (TPSA) is 49.3 Å². The third kappa shape index (κ3) is 1.95. The lowest BCUT2D eigenvalue weighted by Gasteiger charge is -2.25. The zero-order valence-corrected chi connectivity index (χ0v) is 9.67. The maximum Gasteiger partial charge on any atom is 0.251 e. The smallest absolute Gasteiger partial charge is 0.251 e. The summed E-state index contributed by atoms with van der Waals surface area (Å²) in [6.45, 7) is 0. The molecule has 2 aliphatic rings. The Kier molecular flexibility index (Phi) is 2.63. The summed E-state index contributed by atoms with van der Waals surface area (Å²) in [6, 6.07) is 9.58. The molecule has 3 nitrogen and oxygen atoms in total. The zero-order chi connectivity index (χ0) is 11.8. The quantitative estimate of drug-likeness (QED) is 0.811. The number of fused-ring (bicyclic) bond motifs is 2. The maximum absolute atomic E-state index is 12.0. The van der Waals surface area contributed by atoms with Crippen LogP contribution in [0.4, 0.5) is 0 Å². The second kappa shape index (κ2) is 4.15. The fraction of sp³-hybridized carbons (Fsp3) is 0.500. The van der Waals surface area contributed by atoms with Crippen LogP contribution >= 0.6 is 0 Å². The van der Waals surface area contributed by atoms with Gasteiger partial charge in [0, 0.05) is 11.6 Å². The fourth-order valence-corrected chi connectivity index (χ4v) is 3.26. The van der Waals surface area contributed by atoms with Crippen LogP contribution in [-0.4, -0.2) is 23.2 Å². The van der Waals surface area contributed by atoms with Crippen molar-refractivity contribution in [3.05, 3.63) is 35.9 Å². The molecule has 2 N–H and O–H groups in total. The molecule has 2 aliphatic carbocycles. The number of carbonyl (C=O) groups excluding carboxylic acids is 1. The molecule has 0 saturated heterocycles. The molecule has 3 rings (SSSR count). The lowest BCUT2D eigenvalue weighted by Crippen LogP contribution is -2.40. The fourth-order valence-electron chi connectivity index (χ4n) is 3.26. The Bertz CT molecular complexity index is 415. The Balaban J connectivity index is 1.64. The van der Waals surface area contributed by atoms with E-state index >= 15 is 0 Å². The van der Waals surface area contributed by atoms with Gasteiger partial charge in [-0.1, -0.05) is 18.2 Å². The molecule has 90 valence electrons. The summed E-state index contributed by atoms with van der Waals surface area (Å²) in [4.78, 5) is 12.0. The molecular weight excluding hydrogens is 214 g/mol. The molecule has 0 aliphatic heterocycles. The van der Waals surface area contributed by atoms with Gasteiger partial charge in [0.05, 0.1) is 6.10 Å². The van der Waals surface area contributed by atoms with E-state index in [1.807, 2.05) is 30.3 Å². The van der Waals surface area contributed by atoms with Crippen LogP contribution in [0, 0.1) is 11.8 Å². The van der Waals surface area contributed by atoms with E-state index in [4.69, 9.17) is 0 Å². The number of hydrogen-bond acceptors (Lipinski definition) is 2. The summed E-state index contributed by atoms with van der Waals surface area (Å²) in [6.07, 6.45) is 2.72. The van der Waals surface area contributed by atoms with Crippen molar-refractivity contribution in [3.8, 4) is 0 Å². The summed E-state index contributed by atoms with van der Waals surface area (Å²) >= 11 is 0. The van der Waals surface area contributed by atoms with Crippen LogP contribution in [0.2, 0.25) is 0 Å². The van der Waals surface area contributed by atoms with Gasteiger partial charge in [0.1, 0.15) is 0 Å². The maximum atomic E-state index is 12.0. The monoisotopic (exact) mass is 231 g/mol. The highest BCUT2D eigenvalue weighted by molar-refractivity contribution is 5.94. The van der Waals surface area contributed by atoms with Crippen molar-refractivity contribution in [1.82, 2.24) is 5.32 Å². The first-order chi connectivity index (χ1) is 8.24. The van der Waals surface area contributed by atoms with E-state index in [1.165, 1.54) is 0 Å². The molecule has 1 aromatic carbocycles. The van der Waals surface area contributed by atoms with Crippen LogP contribution in [0.15, 0.2) is 30.3 Å². The van der Waals surface area contributed by atoms with E-state index < -0.39 is 0 Å². The Labute approximate surface area is 101 Å². The summed E-state index contributed by atoms with van der Waals surface area (Å²) in [5.41, 5.74) is 0.718. The molecule has 1 amide bonds. The summed E-state index contributed by atoms with van der Waals surface area (Å²) < 4.78 is 0. The second-order valence-electron chi connectivity index (χ2n) is 5.24. The van der Waals surface area contributed by atoms with E-state index in [9.17, 15) is 9.90 Å². The molecule has 1 aromatic rings. The van der Waals surface area contributed by atoms with Crippen molar-refractivity contribution in [1.29, 1.82) is 0 Å². The standard InChI is InChI=1S/C14H17NO2/c16-13-8-10-6-11(13)7-12(10)15-14(17)9-4-2-1-3-5-9/h1-5,10-13,16H,6-8H2,(H,15,17)/t10-,11-,12-,13+/m0/s1. The molecule has 2 bridgehead atoms. The number of nitrogens with one attached hydrogen (secondary N) is 1. The van der Waals surface area contributed by atoms with Gasteiger partial charge < -0.3 is 10.4 Å². The van der Waals surface area contributed by atoms with Gasteiger partial charge in [-0.25, -0.2) is 0 Å². The lowest BCUT2D eigenvalue weighted by atomic mass is 9.93. The van der Waals surface area contributed by atoms with Crippen molar-refractivity contribution in [3.63, 3.8) is 0 Å². The minimum absolute atomic E-state index is 0.0117. The summed E-state index contributed by atoms with van der Waals surface area (Å²) in [5.74, 6) is 0.890. The molecule has 0 radical (unpaired) electrons. The SMILES string of the molecule is O=C(N[C@H]1C[C@@H]2C[C@H]1C[C@H]2O)c1ccccc1. The molecule has 0 heterocycles. The van der Waals surface area contributed by atoms with Crippen LogP contribution in [0.1, 0.15) is 29.6 Å². The predicted molar refractivity (Wildman–Crippen MR) is 64.5 cm³/mol. The highest BCUT2D eigenvalue weighted by atomic mass is 16.3. The molecule has 4 atom stereocenters. The van der Waals surface area contributed by atoms with E-state index in [2.05, 4.69) is 5.32 Å². The summed E-state index contributed by atoms with van der Waals surface area (Å²) in [7, 11) is 0. The first-order valence-electron chi connectivity index (χ1n) is 6.28. The number of carbonyl (C=O) groups is 1. The van der Waals surface area contributed by atoms with Gasteiger partial charge in [-0.2, -0.15) is 0 Å². The van der Waals surface area contributed by atoms with Crippen LogP contribution in [0.5, 0.6) is 0 Å². The lowest BCUT2D eigenvalue weighted by molar-refractivity contribution is 0.0837. The predicted octanol–water partition coefficient (Wildman–Crippen LogP) is 1.58. The summed E-state index contributed by atoms with van der Waals surface area (Å²) in [5, 5.41) is 12.8. The third-order valence-electron chi connectivity index (χ3n) is 4.17. The van der Waals surface area contributed by atoms with Crippen molar-refractivity contribution >= 4 is 5.91 Å². The van der Waals surface area contributed by atoms with Gasteiger partial charge in [0.2, 0.25) is 0 Å². The number of hydrogen-bond donors (Lipinski definition) is 2. The van der Waals surface area contributed by atoms with Gasteiger partial charge in [-0.15, -0.1) is 0 Å². The van der Waals surface area contributed by atoms with Crippen LogP contribution < -0.4 is 5.32 Å². The number of aliphatic hydroxyl groups is 1. The van der Waals surface area contributed by atoms with Crippen molar-refractivity contribution < 1.29 is 9.90 Å². The zero-order valence-electron chi connectivity index (χ0n) is 9.67. The van der Waals surface area contributed by atoms with Gasteiger partial charge in [-0.05, 0) is 43.2 Å². The average Bonchev–Trinajstić information content (AvgIpc) is 2.89. The van der Waals surface area contributed by atoms with Crippen molar-refractivity contribution in [2.75, 3.05) is 0 Å². The molecule has 0 unspecified atom stereocenters. The first kappa shape index (κ1) is 10.8. The van der Waals surface area contributed by atoms with Gasteiger partial charge in [0.15, 0.2) is 0 Å². The Hall–Kier alpha value is -1.35. The highest BCUT2D eigenvalue weighted by Crippen LogP contribution is 2.44. The molecular formula is C14H17NO2. The molecule has 0 aromatic heterocycles.